The SMILES string of the molecule is CN1CCN(c2ccc([N+](=O)[O-])c(N(C)C)c2)CC1. The van der Waals surface area contributed by atoms with Gasteiger partial charge >= 0.3 is 0 Å². The average molecular weight is 264 g/mol. The van der Waals surface area contributed by atoms with E-state index in [1.807, 2.05) is 26.2 Å². The third-order valence-electron chi connectivity index (χ3n) is 3.51. The van der Waals surface area contributed by atoms with Gasteiger partial charge in [0.2, 0.25) is 0 Å². The molecule has 1 aliphatic rings. The third kappa shape index (κ3) is 2.96. The van der Waals surface area contributed by atoms with Gasteiger partial charge in [-0.25, -0.2) is 0 Å². The van der Waals surface area contributed by atoms with Gasteiger partial charge in [-0.15, -0.1) is 0 Å². The van der Waals surface area contributed by atoms with Crippen molar-refractivity contribution in [2.45, 2.75) is 0 Å². The highest BCUT2D eigenvalue weighted by Crippen LogP contribution is 2.31. The summed E-state index contributed by atoms with van der Waals surface area (Å²) in [5.74, 6) is 0. The van der Waals surface area contributed by atoms with Crippen LogP contribution in [0.2, 0.25) is 0 Å². The van der Waals surface area contributed by atoms with Gasteiger partial charge in [-0.1, -0.05) is 0 Å². The first-order chi connectivity index (χ1) is 8.99. The fraction of sp³-hybridized carbons (Fsp3) is 0.538. The second kappa shape index (κ2) is 5.44. The molecule has 1 fully saturated rings. The molecule has 0 unspecified atom stereocenters. The van der Waals surface area contributed by atoms with Crippen LogP contribution < -0.4 is 9.80 Å². The summed E-state index contributed by atoms with van der Waals surface area (Å²) in [7, 11) is 5.77. The molecule has 0 amide bonds. The zero-order chi connectivity index (χ0) is 14.0. The number of piperazine rings is 1. The maximum atomic E-state index is 11.0. The summed E-state index contributed by atoms with van der Waals surface area (Å²) in [6.45, 7) is 3.96. The minimum absolute atomic E-state index is 0.155. The lowest BCUT2D eigenvalue weighted by atomic mass is 10.2. The summed E-state index contributed by atoms with van der Waals surface area (Å²) < 4.78 is 0. The van der Waals surface area contributed by atoms with Crippen molar-refractivity contribution in [1.82, 2.24) is 4.90 Å². The molecule has 0 bridgehead atoms. The molecule has 1 aromatic rings. The lowest BCUT2D eigenvalue weighted by Gasteiger charge is -2.34. The summed E-state index contributed by atoms with van der Waals surface area (Å²) in [6.07, 6.45) is 0. The van der Waals surface area contributed by atoms with Gasteiger partial charge in [0.1, 0.15) is 5.69 Å². The lowest BCUT2D eigenvalue weighted by Crippen LogP contribution is -2.44. The number of nitrogens with zero attached hydrogens (tertiary/aromatic N) is 4. The van der Waals surface area contributed by atoms with E-state index in [9.17, 15) is 10.1 Å². The summed E-state index contributed by atoms with van der Waals surface area (Å²) in [6, 6.07) is 5.35. The Labute approximate surface area is 113 Å². The van der Waals surface area contributed by atoms with Crippen LogP contribution in [0.3, 0.4) is 0 Å². The molecular formula is C13H20N4O2. The van der Waals surface area contributed by atoms with E-state index >= 15 is 0 Å². The Kier molecular flexibility index (Phi) is 3.90. The molecule has 1 aliphatic heterocycles. The number of nitro groups is 1. The highest BCUT2D eigenvalue weighted by Gasteiger charge is 2.19. The molecular weight excluding hydrogens is 244 g/mol. The maximum absolute atomic E-state index is 11.0. The molecule has 1 saturated heterocycles. The summed E-state index contributed by atoms with van der Waals surface area (Å²) >= 11 is 0. The number of benzene rings is 1. The van der Waals surface area contributed by atoms with Crippen LogP contribution >= 0.6 is 0 Å². The Hall–Kier alpha value is -1.82. The van der Waals surface area contributed by atoms with Crippen molar-refractivity contribution in [2.75, 3.05) is 57.1 Å². The van der Waals surface area contributed by atoms with Crippen LogP contribution in [-0.2, 0) is 0 Å². The zero-order valence-electron chi connectivity index (χ0n) is 11.7. The van der Waals surface area contributed by atoms with Crippen LogP contribution in [0.15, 0.2) is 18.2 Å². The summed E-state index contributed by atoms with van der Waals surface area (Å²) in [5, 5.41) is 11.0. The quantitative estimate of drug-likeness (QED) is 0.610. The molecule has 6 heteroatoms. The molecule has 2 rings (SSSR count). The monoisotopic (exact) mass is 264 g/mol. The van der Waals surface area contributed by atoms with Gasteiger partial charge in [0, 0.05) is 52.0 Å². The minimum atomic E-state index is -0.330. The van der Waals surface area contributed by atoms with E-state index in [0.717, 1.165) is 31.9 Å². The fourth-order valence-corrected chi connectivity index (χ4v) is 2.29. The molecule has 19 heavy (non-hydrogen) atoms. The van der Waals surface area contributed by atoms with Crippen molar-refractivity contribution in [3.05, 3.63) is 28.3 Å². The van der Waals surface area contributed by atoms with Crippen LogP contribution in [-0.4, -0.2) is 57.1 Å². The average Bonchev–Trinajstić information content (AvgIpc) is 2.38. The van der Waals surface area contributed by atoms with Crippen LogP contribution in [0.5, 0.6) is 0 Å². The van der Waals surface area contributed by atoms with E-state index in [4.69, 9.17) is 0 Å². The highest BCUT2D eigenvalue weighted by molar-refractivity contribution is 5.69. The topological polar surface area (TPSA) is 52.9 Å². The lowest BCUT2D eigenvalue weighted by molar-refractivity contribution is -0.384. The fourth-order valence-electron chi connectivity index (χ4n) is 2.29. The number of hydrogen-bond donors (Lipinski definition) is 0. The molecule has 0 spiro atoms. The van der Waals surface area contributed by atoms with Crippen LogP contribution in [0.4, 0.5) is 17.1 Å². The molecule has 0 N–H and O–H groups in total. The van der Waals surface area contributed by atoms with Crippen molar-refractivity contribution in [1.29, 1.82) is 0 Å². The van der Waals surface area contributed by atoms with Crippen molar-refractivity contribution >= 4 is 17.1 Å². The molecule has 0 radical (unpaired) electrons. The van der Waals surface area contributed by atoms with Gasteiger partial charge in [0.05, 0.1) is 4.92 Å². The van der Waals surface area contributed by atoms with Crippen molar-refractivity contribution < 1.29 is 4.92 Å². The smallest absolute Gasteiger partial charge is 0.292 e. The van der Waals surface area contributed by atoms with Gasteiger partial charge in [-0.05, 0) is 19.2 Å². The van der Waals surface area contributed by atoms with Crippen LogP contribution in [0.1, 0.15) is 0 Å². The zero-order valence-corrected chi connectivity index (χ0v) is 11.7. The van der Waals surface area contributed by atoms with Crippen LogP contribution in [0, 0.1) is 10.1 Å². The third-order valence-corrected chi connectivity index (χ3v) is 3.51. The molecule has 1 aromatic carbocycles. The first kappa shape index (κ1) is 13.6. The first-order valence-corrected chi connectivity index (χ1v) is 6.38. The Morgan fingerprint density at radius 3 is 2.37 bits per heavy atom. The van der Waals surface area contributed by atoms with Crippen LogP contribution in [0.25, 0.3) is 0 Å². The second-order valence-corrected chi connectivity index (χ2v) is 5.11. The minimum Gasteiger partial charge on any atom is -0.372 e. The Bertz CT molecular complexity index is 468. The van der Waals surface area contributed by atoms with E-state index in [1.54, 1.807) is 11.0 Å². The van der Waals surface area contributed by atoms with Crippen molar-refractivity contribution in [3.63, 3.8) is 0 Å². The molecule has 6 nitrogen and oxygen atoms in total. The van der Waals surface area contributed by atoms with Gasteiger partial charge in [0.25, 0.3) is 5.69 Å². The molecule has 0 atom stereocenters. The predicted molar refractivity (Wildman–Crippen MR) is 77.1 cm³/mol. The first-order valence-electron chi connectivity index (χ1n) is 6.38. The van der Waals surface area contributed by atoms with Gasteiger partial charge in [0.15, 0.2) is 0 Å². The Morgan fingerprint density at radius 2 is 1.84 bits per heavy atom. The number of rotatable bonds is 3. The molecule has 0 aromatic heterocycles. The van der Waals surface area contributed by atoms with Crippen molar-refractivity contribution in [2.24, 2.45) is 0 Å². The maximum Gasteiger partial charge on any atom is 0.292 e. The van der Waals surface area contributed by atoms with Gasteiger partial charge < -0.3 is 14.7 Å². The van der Waals surface area contributed by atoms with E-state index in [-0.39, 0.29) is 10.6 Å². The molecule has 0 saturated carbocycles. The summed E-state index contributed by atoms with van der Waals surface area (Å²) in [5.41, 5.74) is 1.87. The van der Waals surface area contributed by atoms with Crippen molar-refractivity contribution in [3.8, 4) is 0 Å². The highest BCUT2D eigenvalue weighted by atomic mass is 16.6. The molecule has 0 aliphatic carbocycles. The number of nitro benzene ring substituents is 1. The predicted octanol–water partition coefficient (Wildman–Crippen LogP) is 1.41. The summed E-state index contributed by atoms with van der Waals surface area (Å²) in [4.78, 5) is 17.0. The normalized spacial score (nSPS) is 16.5. The molecule has 1 heterocycles. The number of likely N-dealkylation sites (N-methyl/N-ethyl adjacent to an activating group) is 1. The Morgan fingerprint density at radius 1 is 1.21 bits per heavy atom. The van der Waals surface area contributed by atoms with E-state index in [1.165, 1.54) is 0 Å². The van der Waals surface area contributed by atoms with Gasteiger partial charge in [-0.2, -0.15) is 0 Å². The van der Waals surface area contributed by atoms with E-state index in [0.29, 0.717) is 5.69 Å². The Balaban J connectivity index is 2.28. The molecule has 104 valence electrons. The second-order valence-electron chi connectivity index (χ2n) is 5.11. The van der Waals surface area contributed by atoms with Gasteiger partial charge in [-0.3, -0.25) is 10.1 Å². The number of hydrogen-bond acceptors (Lipinski definition) is 5. The van der Waals surface area contributed by atoms with E-state index in [2.05, 4.69) is 16.8 Å². The van der Waals surface area contributed by atoms with E-state index < -0.39 is 0 Å². The number of anilines is 2. The largest absolute Gasteiger partial charge is 0.372 e. The standard InChI is InChI=1S/C13H20N4O2/c1-14(2)13-10-11(4-5-12(13)17(18)19)16-8-6-15(3)7-9-16/h4-5,10H,6-9H2,1-3H3.